The summed E-state index contributed by atoms with van der Waals surface area (Å²) in [5, 5.41) is 6.61. The van der Waals surface area contributed by atoms with Crippen molar-refractivity contribution in [2.24, 2.45) is 4.99 Å². The Balaban J connectivity index is 1.72. The molecule has 1 aliphatic rings. The van der Waals surface area contributed by atoms with Gasteiger partial charge in [0.1, 0.15) is 5.75 Å². The number of nitrogens with one attached hydrogen (secondary N) is 2. The number of ether oxygens (including phenoxy) is 3. The van der Waals surface area contributed by atoms with E-state index in [0.717, 1.165) is 53.0 Å². The molecule has 0 bridgehead atoms. The molecule has 3 rings (SSSR count). The first-order valence-electron chi connectivity index (χ1n) is 9.28. The van der Waals surface area contributed by atoms with Crippen molar-refractivity contribution in [1.29, 1.82) is 0 Å². The number of guanidine groups is 1. The molecule has 27 heavy (non-hydrogen) atoms. The fourth-order valence-electron chi connectivity index (χ4n) is 2.89. The van der Waals surface area contributed by atoms with Gasteiger partial charge in [-0.3, -0.25) is 0 Å². The van der Waals surface area contributed by atoms with Gasteiger partial charge < -0.3 is 24.8 Å². The Bertz CT molecular complexity index is 805. The third-order valence-corrected chi connectivity index (χ3v) is 4.23. The summed E-state index contributed by atoms with van der Waals surface area (Å²) in [5.41, 5.74) is 3.14. The monoisotopic (exact) mass is 369 g/mol. The summed E-state index contributed by atoms with van der Waals surface area (Å²) in [7, 11) is 1.68. The van der Waals surface area contributed by atoms with Crippen LogP contribution >= 0.6 is 0 Å². The van der Waals surface area contributed by atoms with E-state index in [0.29, 0.717) is 19.8 Å². The lowest BCUT2D eigenvalue weighted by Gasteiger charge is -2.14. The molecule has 1 heterocycles. The normalized spacial score (nSPS) is 13.7. The van der Waals surface area contributed by atoms with E-state index in [1.807, 2.05) is 44.2 Å². The van der Waals surface area contributed by atoms with E-state index >= 15 is 0 Å². The molecular weight excluding hydrogens is 342 g/mol. The van der Waals surface area contributed by atoms with Gasteiger partial charge in [0.2, 0.25) is 0 Å². The molecule has 2 aromatic rings. The van der Waals surface area contributed by atoms with E-state index in [1.165, 1.54) is 0 Å². The van der Waals surface area contributed by atoms with E-state index in [1.54, 1.807) is 7.11 Å². The zero-order chi connectivity index (χ0) is 19.1. The third kappa shape index (κ3) is 5.06. The number of fused-ring (bicyclic) bond motifs is 1. The Labute approximate surface area is 160 Å². The van der Waals surface area contributed by atoms with Crippen LogP contribution in [0.3, 0.4) is 0 Å². The number of hydrogen-bond donors (Lipinski definition) is 2. The minimum absolute atomic E-state index is 0.574. The van der Waals surface area contributed by atoms with E-state index < -0.39 is 0 Å². The first kappa shape index (κ1) is 18.9. The fourth-order valence-corrected chi connectivity index (χ4v) is 2.89. The molecule has 2 N–H and O–H groups in total. The zero-order valence-electron chi connectivity index (χ0n) is 16.2. The molecule has 144 valence electrons. The summed E-state index contributed by atoms with van der Waals surface area (Å²) in [6.45, 7) is 6.78. The molecule has 0 amide bonds. The van der Waals surface area contributed by atoms with Gasteiger partial charge in [-0.2, -0.15) is 0 Å². The fraction of sp³-hybridized carbons (Fsp3) is 0.381. The molecule has 2 aromatic carbocycles. The first-order chi connectivity index (χ1) is 13.2. The van der Waals surface area contributed by atoms with Crippen LogP contribution in [0.15, 0.2) is 41.4 Å². The van der Waals surface area contributed by atoms with Gasteiger partial charge in [-0.25, -0.2) is 4.99 Å². The van der Waals surface area contributed by atoms with Crippen molar-refractivity contribution in [3.05, 3.63) is 47.5 Å². The van der Waals surface area contributed by atoms with Crippen LogP contribution in [-0.2, 0) is 6.54 Å². The molecule has 0 radical (unpaired) electrons. The van der Waals surface area contributed by atoms with Crippen molar-refractivity contribution in [2.75, 3.05) is 32.2 Å². The quantitative estimate of drug-likeness (QED) is 0.621. The largest absolute Gasteiger partial charge is 0.496 e. The number of rotatable bonds is 5. The van der Waals surface area contributed by atoms with Crippen LogP contribution in [0.2, 0.25) is 0 Å². The maximum Gasteiger partial charge on any atom is 0.196 e. The molecule has 0 aliphatic carbocycles. The number of methoxy groups -OCH3 is 1. The van der Waals surface area contributed by atoms with Crippen LogP contribution in [-0.4, -0.2) is 32.8 Å². The van der Waals surface area contributed by atoms with Gasteiger partial charge in [0, 0.05) is 24.7 Å². The number of nitrogens with zero attached hydrogens (tertiary/aromatic N) is 1. The van der Waals surface area contributed by atoms with Gasteiger partial charge in [-0.1, -0.05) is 12.1 Å². The molecule has 6 heteroatoms. The first-order valence-corrected chi connectivity index (χ1v) is 9.28. The Morgan fingerprint density at radius 3 is 2.67 bits per heavy atom. The number of hydrogen-bond acceptors (Lipinski definition) is 4. The summed E-state index contributed by atoms with van der Waals surface area (Å²) >= 11 is 0. The second kappa shape index (κ2) is 9.16. The Kier molecular flexibility index (Phi) is 6.41. The highest BCUT2D eigenvalue weighted by Gasteiger charge is 2.11. The van der Waals surface area contributed by atoms with Crippen LogP contribution in [0.4, 0.5) is 5.69 Å². The predicted octanol–water partition coefficient (Wildman–Crippen LogP) is 3.74. The lowest BCUT2D eigenvalue weighted by molar-refractivity contribution is 0.297. The van der Waals surface area contributed by atoms with Gasteiger partial charge in [0.15, 0.2) is 17.5 Å². The second-order valence-corrected chi connectivity index (χ2v) is 6.34. The lowest BCUT2D eigenvalue weighted by Crippen LogP contribution is -2.30. The molecule has 0 fully saturated rings. The maximum atomic E-state index is 5.76. The molecule has 0 saturated heterocycles. The SMILES string of the molecule is CCNC(=NCc1ccc(OC)c(C)c1)Nc1ccc2c(c1)OCCCO2. The van der Waals surface area contributed by atoms with Gasteiger partial charge in [-0.15, -0.1) is 0 Å². The van der Waals surface area contributed by atoms with Gasteiger partial charge in [0.05, 0.1) is 26.9 Å². The molecular formula is C21H27N3O3. The Morgan fingerprint density at radius 2 is 1.93 bits per heavy atom. The summed E-state index contributed by atoms with van der Waals surface area (Å²) in [6.07, 6.45) is 0.892. The maximum absolute atomic E-state index is 5.76. The third-order valence-electron chi connectivity index (χ3n) is 4.23. The van der Waals surface area contributed by atoms with E-state index in [2.05, 4.69) is 21.7 Å². The number of anilines is 1. The smallest absolute Gasteiger partial charge is 0.196 e. The van der Waals surface area contributed by atoms with Crippen LogP contribution in [0.5, 0.6) is 17.2 Å². The molecule has 0 saturated carbocycles. The highest BCUT2D eigenvalue weighted by Crippen LogP contribution is 2.32. The Morgan fingerprint density at radius 1 is 1.11 bits per heavy atom. The number of aryl methyl sites for hydroxylation is 1. The van der Waals surface area contributed by atoms with Crippen molar-refractivity contribution in [3.8, 4) is 17.2 Å². The second-order valence-electron chi connectivity index (χ2n) is 6.34. The van der Waals surface area contributed by atoms with Crippen LogP contribution < -0.4 is 24.8 Å². The highest BCUT2D eigenvalue weighted by molar-refractivity contribution is 5.93. The molecule has 0 spiro atoms. The summed E-state index contributed by atoms with van der Waals surface area (Å²) < 4.78 is 16.8. The molecule has 0 atom stereocenters. The van der Waals surface area contributed by atoms with E-state index in [9.17, 15) is 0 Å². The minimum atomic E-state index is 0.574. The molecule has 0 aromatic heterocycles. The molecule has 0 unspecified atom stereocenters. The molecule has 6 nitrogen and oxygen atoms in total. The summed E-state index contributed by atoms with van der Waals surface area (Å²) in [4.78, 5) is 4.69. The van der Waals surface area contributed by atoms with Gasteiger partial charge >= 0.3 is 0 Å². The van der Waals surface area contributed by atoms with Crippen molar-refractivity contribution >= 4 is 11.6 Å². The van der Waals surface area contributed by atoms with Crippen molar-refractivity contribution < 1.29 is 14.2 Å². The number of aliphatic imine (C=N–C) groups is 1. The zero-order valence-corrected chi connectivity index (χ0v) is 16.2. The van der Waals surface area contributed by atoms with Crippen molar-refractivity contribution in [2.45, 2.75) is 26.8 Å². The highest BCUT2D eigenvalue weighted by atomic mass is 16.5. The Hall–Kier alpha value is -2.89. The van der Waals surface area contributed by atoms with Gasteiger partial charge in [0.25, 0.3) is 0 Å². The van der Waals surface area contributed by atoms with Crippen molar-refractivity contribution in [3.63, 3.8) is 0 Å². The van der Waals surface area contributed by atoms with Crippen LogP contribution in [0.25, 0.3) is 0 Å². The summed E-state index contributed by atoms with van der Waals surface area (Å²) in [6, 6.07) is 12.0. The van der Waals surface area contributed by atoms with Crippen molar-refractivity contribution in [1.82, 2.24) is 5.32 Å². The van der Waals surface area contributed by atoms with E-state index in [4.69, 9.17) is 14.2 Å². The predicted molar refractivity (Wildman–Crippen MR) is 108 cm³/mol. The summed E-state index contributed by atoms with van der Waals surface area (Å²) in [5.74, 6) is 3.16. The lowest BCUT2D eigenvalue weighted by atomic mass is 10.1. The van der Waals surface area contributed by atoms with Crippen LogP contribution in [0.1, 0.15) is 24.5 Å². The van der Waals surface area contributed by atoms with Gasteiger partial charge in [-0.05, 0) is 43.2 Å². The van der Waals surface area contributed by atoms with E-state index in [-0.39, 0.29) is 0 Å². The topological polar surface area (TPSA) is 64.1 Å². The minimum Gasteiger partial charge on any atom is -0.496 e. The molecule has 1 aliphatic heterocycles. The standard InChI is InChI=1S/C21H27N3O3/c1-4-22-21(23-14-16-6-8-18(25-3)15(2)12-16)24-17-7-9-19-20(13-17)27-11-5-10-26-19/h6-9,12-13H,4-5,10-11,14H2,1-3H3,(H2,22,23,24). The average Bonchev–Trinajstić information content (AvgIpc) is 2.91. The number of benzene rings is 2. The average molecular weight is 369 g/mol. The van der Waals surface area contributed by atoms with Crippen LogP contribution in [0, 0.1) is 6.92 Å².